The zero-order valence-corrected chi connectivity index (χ0v) is 15.6. The molecule has 1 aromatic heterocycles. The Hall–Kier alpha value is -3.02. The maximum atomic E-state index is 12.3. The lowest BCUT2D eigenvalue weighted by Crippen LogP contribution is -2.40. The molecule has 2 N–H and O–H groups in total. The van der Waals surface area contributed by atoms with Crippen LogP contribution in [0.25, 0.3) is 11.1 Å². The second-order valence-electron chi connectivity index (χ2n) is 6.90. The Morgan fingerprint density at radius 2 is 1.78 bits per heavy atom. The van der Waals surface area contributed by atoms with Crippen molar-refractivity contribution < 1.29 is 9.21 Å². The first kappa shape index (κ1) is 18.8. The molecule has 0 aliphatic carbocycles. The highest BCUT2D eigenvalue weighted by atomic mass is 16.4. The summed E-state index contributed by atoms with van der Waals surface area (Å²) in [4.78, 5) is 24.2. The van der Waals surface area contributed by atoms with E-state index in [0.717, 1.165) is 5.69 Å². The Morgan fingerprint density at radius 1 is 1.07 bits per heavy atom. The molecule has 3 rings (SSSR count). The van der Waals surface area contributed by atoms with Crippen molar-refractivity contribution in [3.63, 3.8) is 0 Å². The summed E-state index contributed by atoms with van der Waals surface area (Å²) in [7, 11) is 0. The minimum absolute atomic E-state index is 0.0901. The van der Waals surface area contributed by atoms with Gasteiger partial charge in [0.25, 0.3) is 0 Å². The molecule has 0 spiro atoms. The van der Waals surface area contributed by atoms with Crippen molar-refractivity contribution in [2.45, 2.75) is 32.9 Å². The molecule has 0 saturated carbocycles. The minimum atomic E-state index is -0.435. The molecule has 0 bridgehead atoms. The number of oxazole rings is 1. The molecule has 2 aromatic carbocycles. The van der Waals surface area contributed by atoms with Crippen LogP contribution in [0.2, 0.25) is 0 Å². The Labute approximate surface area is 158 Å². The number of rotatable bonds is 8. The van der Waals surface area contributed by atoms with Crippen LogP contribution in [0.5, 0.6) is 0 Å². The van der Waals surface area contributed by atoms with E-state index >= 15 is 0 Å². The number of carbonyl (C=O) groups is 1. The monoisotopic (exact) mass is 367 g/mol. The van der Waals surface area contributed by atoms with Gasteiger partial charge in [0, 0.05) is 31.2 Å². The fourth-order valence-electron chi connectivity index (χ4n) is 2.95. The maximum absolute atomic E-state index is 12.3. The van der Waals surface area contributed by atoms with Crippen LogP contribution in [0.1, 0.15) is 20.3 Å². The standard InChI is InChI=1S/C21H25N3O3/c1-15(2)17(23-16-8-4-3-5-9-16)14-22-20(25)12-13-24-18-10-6-7-11-19(18)27-21(24)26/h3-11,15,17,23H,12-14H2,1-2H3,(H,22,25). The van der Waals surface area contributed by atoms with Gasteiger partial charge in [0.05, 0.1) is 5.52 Å². The molecule has 0 aliphatic rings. The van der Waals surface area contributed by atoms with Gasteiger partial charge in [0.1, 0.15) is 0 Å². The van der Waals surface area contributed by atoms with Crippen LogP contribution >= 0.6 is 0 Å². The second-order valence-corrected chi connectivity index (χ2v) is 6.90. The summed E-state index contributed by atoms with van der Waals surface area (Å²) in [6.07, 6.45) is 0.222. The molecule has 1 amide bonds. The van der Waals surface area contributed by atoms with Gasteiger partial charge in [-0.15, -0.1) is 0 Å². The number of anilines is 1. The number of nitrogens with one attached hydrogen (secondary N) is 2. The lowest BCUT2D eigenvalue weighted by Gasteiger charge is -2.24. The minimum Gasteiger partial charge on any atom is -0.408 e. The van der Waals surface area contributed by atoms with Crippen molar-refractivity contribution in [2.24, 2.45) is 5.92 Å². The van der Waals surface area contributed by atoms with Gasteiger partial charge in [-0.2, -0.15) is 0 Å². The number of aromatic nitrogens is 1. The summed E-state index contributed by atoms with van der Waals surface area (Å²) >= 11 is 0. The molecule has 6 heteroatoms. The van der Waals surface area contributed by atoms with Crippen molar-refractivity contribution in [1.82, 2.24) is 9.88 Å². The van der Waals surface area contributed by atoms with E-state index in [9.17, 15) is 9.59 Å². The first-order chi connectivity index (χ1) is 13.0. The number of hydrogen-bond donors (Lipinski definition) is 2. The number of aryl methyl sites for hydroxylation is 1. The van der Waals surface area contributed by atoms with Gasteiger partial charge < -0.3 is 15.1 Å². The summed E-state index contributed by atoms with van der Waals surface area (Å²) in [5.41, 5.74) is 2.28. The van der Waals surface area contributed by atoms with Crippen LogP contribution in [0.3, 0.4) is 0 Å². The number of hydrogen-bond acceptors (Lipinski definition) is 4. The predicted octanol–water partition coefficient (Wildman–Crippen LogP) is 3.24. The molecule has 1 atom stereocenters. The van der Waals surface area contributed by atoms with E-state index < -0.39 is 5.76 Å². The zero-order chi connectivity index (χ0) is 19.2. The highest BCUT2D eigenvalue weighted by molar-refractivity contribution is 5.76. The molecule has 1 unspecified atom stereocenters. The van der Waals surface area contributed by atoms with Gasteiger partial charge in [0.15, 0.2) is 5.58 Å². The number of carbonyl (C=O) groups excluding carboxylic acids is 1. The number of nitrogens with zero attached hydrogens (tertiary/aromatic N) is 1. The van der Waals surface area contributed by atoms with Crippen molar-refractivity contribution in [3.8, 4) is 0 Å². The summed E-state index contributed by atoms with van der Waals surface area (Å²) in [6, 6.07) is 17.3. The topological polar surface area (TPSA) is 76.3 Å². The number of fused-ring (bicyclic) bond motifs is 1. The molecule has 0 aliphatic heterocycles. The lowest BCUT2D eigenvalue weighted by molar-refractivity contribution is -0.121. The molecular formula is C21H25N3O3. The summed E-state index contributed by atoms with van der Waals surface area (Å²) in [5.74, 6) is -0.173. The fourth-order valence-corrected chi connectivity index (χ4v) is 2.95. The third-order valence-corrected chi connectivity index (χ3v) is 4.59. The Kier molecular flexibility index (Phi) is 5.96. The maximum Gasteiger partial charge on any atom is 0.419 e. The number of amides is 1. The van der Waals surface area contributed by atoms with Crippen LogP contribution in [0.15, 0.2) is 63.8 Å². The molecule has 3 aromatic rings. The first-order valence-electron chi connectivity index (χ1n) is 9.21. The Bertz CT molecular complexity index is 944. The van der Waals surface area contributed by atoms with E-state index in [-0.39, 0.29) is 18.4 Å². The SMILES string of the molecule is CC(C)C(CNC(=O)CCn1c(=O)oc2ccccc21)Nc1ccccc1. The van der Waals surface area contributed by atoms with Crippen LogP contribution in [0, 0.1) is 5.92 Å². The second kappa shape index (κ2) is 8.58. The first-order valence-corrected chi connectivity index (χ1v) is 9.21. The van der Waals surface area contributed by atoms with E-state index in [1.54, 1.807) is 6.07 Å². The van der Waals surface area contributed by atoms with E-state index in [2.05, 4.69) is 24.5 Å². The average molecular weight is 367 g/mol. The summed E-state index contributed by atoms with van der Waals surface area (Å²) < 4.78 is 6.69. The predicted molar refractivity (Wildman–Crippen MR) is 107 cm³/mol. The Balaban J connectivity index is 1.55. The van der Waals surface area contributed by atoms with Gasteiger partial charge in [-0.25, -0.2) is 4.79 Å². The number of para-hydroxylation sites is 3. The van der Waals surface area contributed by atoms with Gasteiger partial charge in [-0.3, -0.25) is 9.36 Å². The van der Waals surface area contributed by atoms with Crippen LogP contribution < -0.4 is 16.4 Å². The molecule has 27 heavy (non-hydrogen) atoms. The third-order valence-electron chi connectivity index (χ3n) is 4.59. The van der Waals surface area contributed by atoms with E-state index in [1.807, 2.05) is 48.5 Å². The van der Waals surface area contributed by atoms with E-state index in [4.69, 9.17) is 4.42 Å². The molecule has 1 heterocycles. The van der Waals surface area contributed by atoms with Crippen molar-refractivity contribution in [2.75, 3.05) is 11.9 Å². The van der Waals surface area contributed by atoms with Crippen molar-refractivity contribution >= 4 is 22.7 Å². The molecule has 0 radical (unpaired) electrons. The highest BCUT2D eigenvalue weighted by Gasteiger charge is 2.15. The van der Waals surface area contributed by atoms with Crippen molar-refractivity contribution in [3.05, 3.63) is 65.1 Å². The summed E-state index contributed by atoms with van der Waals surface area (Å²) in [6.45, 7) is 5.04. The van der Waals surface area contributed by atoms with Crippen LogP contribution in [0.4, 0.5) is 5.69 Å². The quantitative estimate of drug-likeness (QED) is 0.641. The van der Waals surface area contributed by atoms with Gasteiger partial charge in [-0.05, 0) is 30.2 Å². The van der Waals surface area contributed by atoms with Gasteiger partial charge in [0.2, 0.25) is 5.91 Å². The largest absolute Gasteiger partial charge is 0.419 e. The Morgan fingerprint density at radius 3 is 2.52 bits per heavy atom. The average Bonchev–Trinajstić information content (AvgIpc) is 2.99. The van der Waals surface area contributed by atoms with E-state index in [1.165, 1.54) is 4.57 Å². The van der Waals surface area contributed by atoms with E-state index in [0.29, 0.717) is 30.1 Å². The van der Waals surface area contributed by atoms with Crippen LogP contribution in [-0.4, -0.2) is 23.1 Å². The van der Waals surface area contributed by atoms with Gasteiger partial charge >= 0.3 is 5.76 Å². The molecule has 0 saturated heterocycles. The lowest BCUT2D eigenvalue weighted by atomic mass is 10.0. The molecular weight excluding hydrogens is 342 g/mol. The van der Waals surface area contributed by atoms with Crippen LogP contribution in [-0.2, 0) is 11.3 Å². The fraction of sp³-hybridized carbons (Fsp3) is 0.333. The number of benzene rings is 2. The normalized spacial score (nSPS) is 12.3. The van der Waals surface area contributed by atoms with Gasteiger partial charge in [-0.1, -0.05) is 44.2 Å². The molecule has 142 valence electrons. The zero-order valence-electron chi connectivity index (χ0n) is 15.6. The third kappa shape index (κ3) is 4.78. The molecule has 0 fully saturated rings. The highest BCUT2D eigenvalue weighted by Crippen LogP contribution is 2.13. The molecule has 6 nitrogen and oxygen atoms in total. The summed E-state index contributed by atoms with van der Waals surface area (Å²) in [5, 5.41) is 6.42. The smallest absolute Gasteiger partial charge is 0.408 e. The van der Waals surface area contributed by atoms with Crippen molar-refractivity contribution in [1.29, 1.82) is 0 Å².